The highest BCUT2D eigenvalue weighted by atomic mass is 32.2. The van der Waals surface area contributed by atoms with Crippen LogP contribution in [0.4, 0.5) is 0 Å². The van der Waals surface area contributed by atoms with Gasteiger partial charge in [-0.05, 0) is 75.8 Å². The van der Waals surface area contributed by atoms with Gasteiger partial charge in [0, 0.05) is 24.1 Å². The van der Waals surface area contributed by atoms with Gasteiger partial charge in [0.05, 0.1) is 0 Å². The van der Waals surface area contributed by atoms with Crippen molar-refractivity contribution in [3.63, 3.8) is 0 Å². The maximum atomic E-state index is 6.66. The normalized spacial score (nSPS) is 42.0. The molecule has 4 fully saturated rings. The molecule has 2 nitrogen and oxygen atoms in total. The molecule has 0 spiro atoms. The van der Waals surface area contributed by atoms with Crippen LogP contribution in [0.15, 0.2) is 0 Å². The van der Waals surface area contributed by atoms with Crippen molar-refractivity contribution in [3.05, 3.63) is 0 Å². The summed E-state index contributed by atoms with van der Waals surface area (Å²) in [6.45, 7) is 1.18. The van der Waals surface area contributed by atoms with E-state index in [4.69, 9.17) is 5.73 Å². The highest BCUT2D eigenvalue weighted by Crippen LogP contribution is 2.61. The van der Waals surface area contributed by atoms with Crippen molar-refractivity contribution in [1.82, 2.24) is 4.90 Å². The average molecular weight is 282 g/mol. The first kappa shape index (κ1) is 14.2. The summed E-state index contributed by atoms with van der Waals surface area (Å²) in [6, 6.07) is 0.452. The van der Waals surface area contributed by atoms with E-state index in [0.717, 1.165) is 17.8 Å². The van der Waals surface area contributed by atoms with Crippen LogP contribution >= 0.6 is 11.8 Å². The largest absolute Gasteiger partial charge is 0.326 e. The molecule has 0 aliphatic heterocycles. The van der Waals surface area contributed by atoms with Gasteiger partial charge in [-0.15, -0.1) is 0 Å². The van der Waals surface area contributed by atoms with Gasteiger partial charge in [-0.2, -0.15) is 11.8 Å². The molecule has 1 atom stereocenters. The van der Waals surface area contributed by atoms with Crippen LogP contribution in [0.2, 0.25) is 0 Å². The van der Waals surface area contributed by atoms with Crippen molar-refractivity contribution in [3.8, 4) is 0 Å². The first-order valence-corrected chi connectivity index (χ1v) is 9.21. The predicted octanol–water partition coefficient (Wildman–Crippen LogP) is 2.82. The minimum atomic E-state index is 0.452. The standard InChI is InChI=1S/C16H30N2S/c1-18(2)3-4-19-11-15(17)16-8-12-5-13(9-16)7-14(6-12)10-16/h12-15H,3-11,17H2,1-2H3. The Morgan fingerprint density at radius 2 is 1.63 bits per heavy atom. The lowest BCUT2D eigenvalue weighted by molar-refractivity contribution is -0.0629. The molecule has 0 amide bonds. The summed E-state index contributed by atoms with van der Waals surface area (Å²) < 4.78 is 0. The Bertz CT molecular complexity index is 281. The number of hydrogen-bond donors (Lipinski definition) is 1. The molecule has 1 unspecified atom stereocenters. The zero-order valence-corrected chi connectivity index (χ0v) is 13.4. The second kappa shape index (κ2) is 5.57. The quantitative estimate of drug-likeness (QED) is 0.760. The molecule has 4 bridgehead atoms. The molecule has 3 heteroatoms. The highest BCUT2D eigenvalue weighted by Gasteiger charge is 2.53. The first-order valence-electron chi connectivity index (χ1n) is 8.05. The Hall–Kier alpha value is 0.270. The van der Waals surface area contributed by atoms with Gasteiger partial charge in [0.1, 0.15) is 0 Å². The lowest BCUT2D eigenvalue weighted by atomic mass is 9.48. The molecule has 19 heavy (non-hydrogen) atoms. The predicted molar refractivity (Wildman–Crippen MR) is 84.5 cm³/mol. The van der Waals surface area contributed by atoms with Gasteiger partial charge in [-0.25, -0.2) is 0 Å². The summed E-state index contributed by atoms with van der Waals surface area (Å²) >= 11 is 2.07. The van der Waals surface area contributed by atoms with Crippen molar-refractivity contribution in [2.24, 2.45) is 28.9 Å². The Morgan fingerprint density at radius 1 is 1.11 bits per heavy atom. The second-order valence-corrected chi connectivity index (χ2v) is 8.91. The molecule has 0 saturated heterocycles. The summed E-state index contributed by atoms with van der Waals surface area (Å²) in [5.41, 5.74) is 7.20. The number of rotatable bonds is 6. The van der Waals surface area contributed by atoms with Gasteiger partial charge < -0.3 is 10.6 Å². The van der Waals surface area contributed by atoms with E-state index >= 15 is 0 Å². The van der Waals surface area contributed by atoms with E-state index in [1.54, 1.807) is 0 Å². The van der Waals surface area contributed by atoms with E-state index < -0.39 is 0 Å². The molecule has 4 aliphatic rings. The minimum absolute atomic E-state index is 0.452. The van der Waals surface area contributed by atoms with E-state index in [0.29, 0.717) is 11.5 Å². The number of nitrogens with zero attached hydrogens (tertiary/aromatic N) is 1. The van der Waals surface area contributed by atoms with E-state index in [1.807, 2.05) is 0 Å². The van der Waals surface area contributed by atoms with Gasteiger partial charge in [0.2, 0.25) is 0 Å². The van der Waals surface area contributed by atoms with Crippen LogP contribution in [0.1, 0.15) is 38.5 Å². The second-order valence-electron chi connectivity index (χ2n) is 7.76. The fourth-order valence-electron chi connectivity index (χ4n) is 5.27. The maximum Gasteiger partial charge on any atom is 0.0187 e. The molecule has 4 saturated carbocycles. The highest BCUT2D eigenvalue weighted by molar-refractivity contribution is 7.99. The molecule has 0 aromatic rings. The minimum Gasteiger partial charge on any atom is -0.326 e. The zero-order valence-electron chi connectivity index (χ0n) is 12.6. The maximum absolute atomic E-state index is 6.66. The molecular weight excluding hydrogens is 252 g/mol. The fourth-order valence-corrected chi connectivity index (χ4v) is 6.53. The lowest BCUT2D eigenvalue weighted by Crippen LogP contribution is -2.55. The van der Waals surface area contributed by atoms with E-state index in [9.17, 15) is 0 Å². The molecule has 0 heterocycles. The summed E-state index contributed by atoms with van der Waals surface area (Å²) in [4.78, 5) is 2.27. The third-order valence-corrected chi connectivity index (χ3v) is 6.92. The molecule has 4 rings (SSSR count). The Balaban J connectivity index is 1.53. The molecule has 0 radical (unpaired) electrons. The van der Waals surface area contributed by atoms with Gasteiger partial charge in [-0.1, -0.05) is 0 Å². The molecule has 110 valence electrons. The Labute approximate surface area is 122 Å². The van der Waals surface area contributed by atoms with Gasteiger partial charge in [-0.3, -0.25) is 0 Å². The van der Waals surface area contributed by atoms with Crippen LogP contribution in [0.3, 0.4) is 0 Å². The van der Waals surface area contributed by atoms with Crippen molar-refractivity contribution >= 4 is 11.8 Å². The molecule has 2 N–H and O–H groups in total. The smallest absolute Gasteiger partial charge is 0.0187 e. The van der Waals surface area contributed by atoms with Crippen LogP contribution in [-0.4, -0.2) is 43.1 Å². The van der Waals surface area contributed by atoms with Crippen LogP contribution in [0, 0.1) is 23.2 Å². The third-order valence-electron chi connectivity index (χ3n) is 5.85. The Kier molecular flexibility index (Phi) is 4.17. The molecule has 4 aliphatic carbocycles. The summed E-state index contributed by atoms with van der Waals surface area (Å²) in [6.07, 6.45) is 8.94. The van der Waals surface area contributed by atoms with E-state index in [1.165, 1.54) is 56.6 Å². The number of nitrogens with two attached hydrogens (primary N) is 1. The van der Waals surface area contributed by atoms with Gasteiger partial charge in [0.15, 0.2) is 0 Å². The topological polar surface area (TPSA) is 29.3 Å². The SMILES string of the molecule is CN(C)CCSCC(N)C12CC3CC(CC(C3)C1)C2. The number of hydrogen-bond acceptors (Lipinski definition) is 3. The third kappa shape index (κ3) is 2.98. The van der Waals surface area contributed by atoms with Gasteiger partial charge >= 0.3 is 0 Å². The van der Waals surface area contributed by atoms with Crippen LogP contribution in [0.25, 0.3) is 0 Å². The van der Waals surface area contributed by atoms with Crippen molar-refractivity contribution in [2.45, 2.75) is 44.6 Å². The first-order chi connectivity index (χ1) is 9.07. The van der Waals surface area contributed by atoms with Crippen LogP contribution in [-0.2, 0) is 0 Å². The lowest BCUT2D eigenvalue weighted by Gasteiger charge is -2.59. The van der Waals surface area contributed by atoms with Gasteiger partial charge in [0.25, 0.3) is 0 Å². The average Bonchev–Trinajstić information content (AvgIpc) is 2.32. The molecular formula is C16H30N2S. The summed E-state index contributed by atoms with van der Waals surface area (Å²) in [7, 11) is 4.30. The van der Waals surface area contributed by atoms with E-state index in [2.05, 4.69) is 30.8 Å². The molecule has 0 aromatic carbocycles. The Morgan fingerprint density at radius 3 is 2.11 bits per heavy atom. The van der Waals surface area contributed by atoms with Crippen molar-refractivity contribution in [1.29, 1.82) is 0 Å². The number of thioether (sulfide) groups is 1. The zero-order chi connectivity index (χ0) is 13.5. The van der Waals surface area contributed by atoms with Crippen LogP contribution < -0.4 is 5.73 Å². The van der Waals surface area contributed by atoms with E-state index in [-0.39, 0.29) is 0 Å². The molecule has 0 aromatic heterocycles. The monoisotopic (exact) mass is 282 g/mol. The fraction of sp³-hybridized carbons (Fsp3) is 1.00. The van der Waals surface area contributed by atoms with Crippen LogP contribution in [0.5, 0.6) is 0 Å². The van der Waals surface area contributed by atoms with Crippen molar-refractivity contribution in [2.75, 3.05) is 32.1 Å². The summed E-state index contributed by atoms with van der Waals surface area (Å²) in [5.74, 6) is 5.50. The summed E-state index contributed by atoms with van der Waals surface area (Å²) in [5, 5.41) is 0. The van der Waals surface area contributed by atoms with Crippen molar-refractivity contribution < 1.29 is 0 Å².